The summed E-state index contributed by atoms with van der Waals surface area (Å²) in [6, 6.07) is 6.02. The van der Waals surface area contributed by atoms with Crippen molar-refractivity contribution >= 4 is 17.5 Å². The lowest BCUT2D eigenvalue weighted by Gasteiger charge is -2.30. The molecule has 1 aromatic rings. The number of fused-ring (bicyclic) bond motifs is 2. The largest absolute Gasteiger partial charge is 0.493 e. The first-order valence-electron chi connectivity index (χ1n) is 8.43. The Morgan fingerprint density at radius 1 is 1.35 bits per heavy atom. The zero-order chi connectivity index (χ0) is 16.0. The fourth-order valence-corrected chi connectivity index (χ4v) is 4.29. The highest BCUT2D eigenvalue weighted by atomic mass is 35.5. The predicted molar refractivity (Wildman–Crippen MR) is 88.0 cm³/mol. The molecule has 2 heterocycles. The number of ether oxygens (including phenoxy) is 2. The molecule has 0 N–H and O–H groups in total. The van der Waals surface area contributed by atoms with Crippen LogP contribution in [0.5, 0.6) is 5.75 Å². The molecule has 3 aliphatic rings. The Hall–Kier alpha value is -1.26. The van der Waals surface area contributed by atoms with E-state index in [1.807, 2.05) is 23.1 Å². The van der Waals surface area contributed by atoms with Gasteiger partial charge in [-0.15, -0.1) is 0 Å². The topological polar surface area (TPSA) is 38.8 Å². The molecule has 1 unspecified atom stereocenters. The van der Waals surface area contributed by atoms with Crippen LogP contribution in [0.1, 0.15) is 31.7 Å². The minimum atomic E-state index is -0.0670. The molecule has 1 aromatic carbocycles. The van der Waals surface area contributed by atoms with Gasteiger partial charge in [-0.25, -0.2) is 0 Å². The summed E-state index contributed by atoms with van der Waals surface area (Å²) >= 11 is 6.19. The van der Waals surface area contributed by atoms with E-state index in [2.05, 4.69) is 6.92 Å². The average Bonchev–Trinajstić information content (AvgIpc) is 3.29. The van der Waals surface area contributed by atoms with Crippen LogP contribution >= 0.6 is 11.6 Å². The molecule has 1 amide bonds. The van der Waals surface area contributed by atoms with Crippen LogP contribution < -0.4 is 4.74 Å². The Morgan fingerprint density at radius 3 is 3.09 bits per heavy atom. The number of nitrogens with zero attached hydrogens (tertiary/aromatic N) is 1. The quantitative estimate of drug-likeness (QED) is 0.792. The Kier molecular flexibility index (Phi) is 3.77. The minimum absolute atomic E-state index is 0.0594. The zero-order valence-electron chi connectivity index (χ0n) is 13.4. The first-order chi connectivity index (χ1) is 11.1. The van der Waals surface area contributed by atoms with E-state index in [1.54, 1.807) is 0 Å². The van der Waals surface area contributed by atoms with Crippen molar-refractivity contribution in [2.75, 3.05) is 26.4 Å². The van der Waals surface area contributed by atoms with Crippen LogP contribution in [-0.2, 0) is 14.9 Å². The molecule has 1 aliphatic carbocycles. The molecule has 5 heteroatoms. The Morgan fingerprint density at radius 2 is 2.22 bits per heavy atom. The fraction of sp³-hybridized carbons (Fsp3) is 0.611. The molecular formula is C18H22ClNO3. The standard InChI is InChI=1S/C18H22ClNO3/c1-12-4-7-22-9-6-20(12)17(21)15-11-18(15)5-8-23-16-3-2-13(19)10-14(16)18/h2-3,10,12,15H,4-9,11H2,1H3/t12?,15-,18-/m0/s1. The molecule has 1 saturated heterocycles. The summed E-state index contributed by atoms with van der Waals surface area (Å²) in [4.78, 5) is 15.1. The Balaban J connectivity index is 1.60. The number of carbonyl (C=O) groups excluding carboxylic acids is 1. The lowest BCUT2D eigenvalue weighted by atomic mass is 9.87. The molecule has 0 aromatic heterocycles. The summed E-state index contributed by atoms with van der Waals surface area (Å²) in [5, 5.41) is 0.711. The van der Waals surface area contributed by atoms with Gasteiger partial charge in [0.2, 0.25) is 5.91 Å². The third kappa shape index (κ3) is 2.52. The van der Waals surface area contributed by atoms with E-state index in [1.165, 1.54) is 0 Å². The van der Waals surface area contributed by atoms with Crippen LogP contribution in [0.2, 0.25) is 5.02 Å². The highest BCUT2D eigenvalue weighted by molar-refractivity contribution is 6.30. The molecule has 1 spiro atoms. The smallest absolute Gasteiger partial charge is 0.226 e. The zero-order valence-corrected chi connectivity index (χ0v) is 14.1. The summed E-state index contributed by atoms with van der Waals surface area (Å²) < 4.78 is 11.3. The summed E-state index contributed by atoms with van der Waals surface area (Å²) in [6.07, 6.45) is 2.72. The second kappa shape index (κ2) is 5.67. The van der Waals surface area contributed by atoms with Gasteiger partial charge in [-0.2, -0.15) is 0 Å². The molecular weight excluding hydrogens is 314 g/mol. The molecule has 1 saturated carbocycles. The van der Waals surface area contributed by atoms with E-state index < -0.39 is 0 Å². The van der Waals surface area contributed by atoms with Crippen LogP contribution in [-0.4, -0.2) is 43.2 Å². The molecule has 124 valence electrons. The SMILES string of the molecule is CC1CCOCCN1C(=O)[C@@H]1C[C@]12CCOc1ccc(Cl)cc12. The van der Waals surface area contributed by atoms with Gasteiger partial charge in [0.05, 0.1) is 13.2 Å². The van der Waals surface area contributed by atoms with Gasteiger partial charge < -0.3 is 14.4 Å². The summed E-state index contributed by atoms with van der Waals surface area (Å²) in [5.74, 6) is 1.23. The van der Waals surface area contributed by atoms with Gasteiger partial charge >= 0.3 is 0 Å². The van der Waals surface area contributed by atoms with Crippen molar-refractivity contribution in [2.24, 2.45) is 5.92 Å². The van der Waals surface area contributed by atoms with E-state index in [9.17, 15) is 4.79 Å². The van der Waals surface area contributed by atoms with Crippen LogP contribution in [0.3, 0.4) is 0 Å². The van der Waals surface area contributed by atoms with Crippen LogP contribution in [0.25, 0.3) is 0 Å². The number of rotatable bonds is 1. The van der Waals surface area contributed by atoms with Crippen LogP contribution in [0.4, 0.5) is 0 Å². The number of carbonyl (C=O) groups is 1. The average molecular weight is 336 g/mol. The monoisotopic (exact) mass is 335 g/mol. The van der Waals surface area contributed by atoms with Crippen molar-refractivity contribution in [1.29, 1.82) is 0 Å². The molecule has 0 radical (unpaired) electrons. The molecule has 23 heavy (non-hydrogen) atoms. The predicted octanol–water partition coefficient (Wildman–Crippen LogP) is 3.02. The normalized spacial score (nSPS) is 32.9. The fourth-order valence-electron chi connectivity index (χ4n) is 4.12. The third-order valence-corrected chi connectivity index (χ3v) is 5.86. The van der Waals surface area contributed by atoms with Gasteiger partial charge in [-0.05, 0) is 44.4 Å². The second-order valence-corrected chi connectivity index (χ2v) is 7.37. The molecule has 4 rings (SSSR count). The van der Waals surface area contributed by atoms with Crippen molar-refractivity contribution in [3.63, 3.8) is 0 Å². The molecule has 0 bridgehead atoms. The van der Waals surface area contributed by atoms with Crippen molar-refractivity contribution in [1.82, 2.24) is 4.90 Å². The van der Waals surface area contributed by atoms with Gasteiger partial charge in [0.1, 0.15) is 5.75 Å². The van der Waals surface area contributed by atoms with Gasteiger partial charge in [-0.1, -0.05) is 11.6 Å². The summed E-state index contributed by atoms with van der Waals surface area (Å²) in [6.45, 7) is 4.88. The second-order valence-electron chi connectivity index (χ2n) is 6.93. The number of hydrogen-bond donors (Lipinski definition) is 0. The van der Waals surface area contributed by atoms with Crippen molar-refractivity contribution in [2.45, 2.75) is 37.6 Å². The maximum Gasteiger partial charge on any atom is 0.226 e. The first-order valence-corrected chi connectivity index (χ1v) is 8.81. The van der Waals surface area contributed by atoms with Gasteiger partial charge in [0.25, 0.3) is 0 Å². The highest BCUT2D eigenvalue weighted by Gasteiger charge is 2.62. The van der Waals surface area contributed by atoms with Gasteiger partial charge in [0.15, 0.2) is 0 Å². The lowest BCUT2D eigenvalue weighted by Crippen LogP contribution is -2.42. The van der Waals surface area contributed by atoms with Crippen molar-refractivity contribution in [3.8, 4) is 5.75 Å². The van der Waals surface area contributed by atoms with Crippen molar-refractivity contribution < 1.29 is 14.3 Å². The molecule has 3 atom stereocenters. The Bertz CT molecular complexity index is 635. The molecule has 4 nitrogen and oxygen atoms in total. The van der Waals surface area contributed by atoms with Gasteiger partial charge in [0, 0.05) is 41.1 Å². The van der Waals surface area contributed by atoms with Gasteiger partial charge in [-0.3, -0.25) is 4.79 Å². The van der Waals surface area contributed by atoms with E-state index in [0.717, 1.165) is 37.2 Å². The van der Waals surface area contributed by atoms with E-state index in [0.29, 0.717) is 24.8 Å². The number of hydrogen-bond acceptors (Lipinski definition) is 3. The number of amides is 1. The van der Waals surface area contributed by atoms with E-state index >= 15 is 0 Å². The summed E-state index contributed by atoms with van der Waals surface area (Å²) in [5.41, 5.74) is 1.05. The van der Waals surface area contributed by atoms with E-state index in [4.69, 9.17) is 21.1 Å². The maximum absolute atomic E-state index is 13.1. The maximum atomic E-state index is 13.1. The lowest BCUT2D eigenvalue weighted by molar-refractivity contribution is -0.135. The number of halogens is 1. The van der Waals surface area contributed by atoms with Crippen molar-refractivity contribution in [3.05, 3.63) is 28.8 Å². The third-order valence-electron chi connectivity index (χ3n) is 5.63. The highest BCUT2D eigenvalue weighted by Crippen LogP contribution is 2.61. The van der Waals surface area contributed by atoms with Crippen LogP contribution in [0.15, 0.2) is 18.2 Å². The molecule has 2 aliphatic heterocycles. The first kappa shape index (κ1) is 15.3. The van der Waals surface area contributed by atoms with E-state index in [-0.39, 0.29) is 23.3 Å². The summed E-state index contributed by atoms with van der Waals surface area (Å²) in [7, 11) is 0. The number of benzene rings is 1. The Labute approximate surface area is 141 Å². The minimum Gasteiger partial charge on any atom is -0.493 e. The molecule has 2 fully saturated rings. The van der Waals surface area contributed by atoms with Crippen LogP contribution in [0, 0.1) is 5.92 Å².